The van der Waals surface area contributed by atoms with Gasteiger partial charge in [0.15, 0.2) is 0 Å². The SMILES string of the molecule is CNC(C(=O)NC(CC(=O)O)c1ccccc1OC)C(C)NC(=O)c1ccc2c(c1)B(O)OC2. The Morgan fingerprint density at radius 3 is 2.59 bits per heavy atom. The summed E-state index contributed by atoms with van der Waals surface area (Å²) in [5.41, 5.74) is 2.20. The molecule has 10 nitrogen and oxygen atoms in total. The second-order valence-corrected chi connectivity index (χ2v) is 8.01. The lowest BCUT2D eigenvalue weighted by atomic mass is 9.78. The van der Waals surface area contributed by atoms with Crippen molar-refractivity contribution >= 4 is 30.4 Å². The molecule has 2 aromatic carbocycles. The predicted molar refractivity (Wildman–Crippen MR) is 125 cm³/mol. The van der Waals surface area contributed by atoms with Crippen molar-refractivity contribution in [2.45, 2.75) is 38.1 Å². The smallest absolute Gasteiger partial charge is 0.491 e. The number of carbonyl (C=O) groups is 3. The van der Waals surface area contributed by atoms with Gasteiger partial charge in [0.05, 0.1) is 32.2 Å². The second-order valence-electron chi connectivity index (χ2n) is 8.01. The van der Waals surface area contributed by atoms with Gasteiger partial charge in [-0.1, -0.05) is 24.3 Å². The summed E-state index contributed by atoms with van der Waals surface area (Å²) in [5, 5.41) is 27.7. The van der Waals surface area contributed by atoms with Crippen molar-refractivity contribution in [3.63, 3.8) is 0 Å². The fourth-order valence-electron chi connectivity index (χ4n) is 3.97. The molecule has 0 radical (unpaired) electrons. The molecule has 0 fully saturated rings. The van der Waals surface area contributed by atoms with Gasteiger partial charge in [-0.25, -0.2) is 0 Å². The first-order valence-electron chi connectivity index (χ1n) is 10.8. The van der Waals surface area contributed by atoms with Gasteiger partial charge in [0.25, 0.3) is 5.91 Å². The number of rotatable bonds is 10. The number of likely N-dealkylation sites (N-methyl/N-ethyl adjacent to an activating group) is 1. The maximum atomic E-state index is 13.1. The minimum Gasteiger partial charge on any atom is -0.496 e. The molecule has 1 heterocycles. The lowest BCUT2D eigenvalue weighted by Crippen LogP contribution is -2.55. The Kier molecular flexibility index (Phi) is 8.27. The average molecular weight is 469 g/mol. The molecule has 0 saturated carbocycles. The number of para-hydroxylation sites is 1. The number of carboxylic acid groups (broad SMARTS) is 1. The van der Waals surface area contributed by atoms with Gasteiger partial charge in [0.1, 0.15) is 11.8 Å². The summed E-state index contributed by atoms with van der Waals surface area (Å²) < 4.78 is 10.5. The highest BCUT2D eigenvalue weighted by molar-refractivity contribution is 6.61. The fourth-order valence-corrected chi connectivity index (χ4v) is 3.97. The summed E-state index contributed by atoms with van der Waals surface area (Å²) in [6.07, 6.45) is -0.344. The number of benzene rings is 2. The van der Waals surface area contributed by atoms with Crippen molar-refractivity contribution in [2.24, 2.45) is 0 Å². The third kappa shape index (κ3) is 5.74. The standard InChI is InChI=1S/C23H28BN3O7/c1-13(26-22(30)14-8-9-15-12-34-24(32)17(15)10-14)21(25-2)23(31)27-18(11-20(28)29)16-6-4-5-7-19(16)33-3/h4-10,13,18,21,25,32H,11-12H2,1-3H3,(H,26,30)(H,27,31)(H,28,29). The van der Waals surface area contributed by atoms with Crippen LogP contribution in [-0.2, 0) is 20.9 Å². The van der Waals surface area contributed by atoms with Crippen LogP contribution in [0.3, 0.4) is 0 Å². The van der Waals surface area contributed by atoms with Crippen molar-refractivity contribution in [1.29, 1.82) is 0 Å². The molecule has 3 atom stereocenters. The first kappa shape index (κ1) is 25.2. The number of nitrogens with one attached hydrogen (secondary N) is 3. The average Bonchev–Trinajstić information content (AvgIpc) is 3.18. The fraction of sp³-hybridized carbons (Fsp3) is 0.348. The van der Waals surface area contributed by atoms with E-state index in [1.807, 2.05) is 0 Å². The van der Waals surface area contributed by atoms with E-state index in [1.54, 1.807) is 56.4 Å². The maximum Gasteiger partial charge on any atom is 0.491 e. The molecule has 34 heavy (non-hydrogen) atoms. The molecule has 0 saturated heterocycles. The Labute approximate surface area is 197 Å². The van der Waals surface area contributed by atoms with E-state index >= 15 is 0 Å². The van der Waals surface area contributed by atoms with Gasteiger partial charge < -0.3 is 35.5 Å². The van der Waals surface area contributed by atoms with E-state index < -0.39 is 43.0 Å². The third-order valence-electron chi connectivity index (χ3n) is 5.73. The number of carbonyl (C=O) groups excluding carboxylic acids is 2. The Balaban J connectivity index is 1.72. The van der Waals surface area contributed by atoms with Gasteiger partial charge in [0, 0.05) is 11.1 Å². The molecule has 5 N–H and O–H groups in total. The zero-order valence-electron chi connectivity index (χ0n) is 19.2. The van der Waals surface area contributed by atoms with Crippen molar-refractivity contribution in [3.05, 3.63) is 59.2 Å². The first-order valence-corrected chi connectivity index (χ1v) is 10.8. The second kappa shape index (κ2) is 11.1. The normalized spacial score (nSPS) is 15.1. The van der Waals surface area contributed by atoms with E-state index in [0.717, 1.165) is 5.56 Å². The maximum absolute atomic E-state index is 13.1. The Hall–Kier alpha value is -3.41. The summed E-state index contributed by atoms with van der Waals surface area (Å²) in [6, 6.07) is 9.44. The summed E-state index contributed by atoms with van der Waals surface area (Å²) in [7, 11) is 1.97. The molecule has 180 valence electrons. The van der Waals surface area contributed by atoms with Crippen LogP contribution in [0.5, 0.6) is 5.75 Å². The molecule has 1 aliphatic heterocycles. The van der Waals surface area contributed by atoms with Crippen molar-refractivity contribution in [1.82, 2.24) is 16.0 Å². The highest BCUT2D eigenvalue weighted by Crippen LogP contribution is 2.27. The van der Waals surface area contributed by atoms with Crippen LogP contribution in [0.4, 0.5) is 0 Å². The zero-order valence-corrected chi connectivity index (χ0v) is 19.2. The molecule has 11 heteroatoms. The van der Waals surface area contributed by atoms with E-state index in [1.165, 1.54) is 7.11 Å². The number of carboxylic acids is 1. The van der Waals surface area contributed by atoms with Crippen LogP contribution in [0.1, 0.15) is 40.9 Å². The van der Waals surface area contributed by atoms with Gasteiger partial charge in [0.2, 0.25) is 5.91 Å². The summed E-state index contributed by atoms with van der Waals surface area (Å²) in [6.45, 7) is 1.94. The molecular formula is C23H28BN3O7. The van der Waals surface area contributed by atoms with E-state index in [4.69, 9.17) is 9.39 Å². The van der Waals surface area contributed by atoms with Gasteiger partial charge >= 0.3 is 13.1 Å². The van der Waals surface area contributed by atoms with E-state index in [9.17, 15) is 24.5 Å². The molecule has 3 rings (SSSR count). The number of aliphatic carboxylic acids is 1. The van der Waals surface area contributed by atoms with Crippen LogP contribution < -0.4 is 26.2 Å². The molecule has 0 bridgehead atoms. The van der Waals surface area contributed by atoms with Crippen LogP contribution in [0.2, 0.25) is 0 Å². The minimum absolute atomic E-state index is 0.278. The van der Waals surface area contributed by atoms with Gasteiger partial charge in [-0.05, 0) is 43.2 Å². The lowest BCUT2D eigenvalue weighted by Gasteiger charge is -2.27. The molecule has 0 aromatic heterocycles. The molecular weight excluding hydrogens is 441 g/mol. The van der Waals surface area contributed by atoms with Gasteiger partial charge in [-0.15, -0.1) is 0 Å². The van der Waals surface area contributed by atoms with Crippen molar-refractivity contribution in [2.75, 3.05) is 14.2 Å². The number of ether oxygens (including phenoxy) is 1. The van der Waals surface area contributed by atoms with Crippen LogP contribution in [-0.4, -0.2) is 61.3 Å². The number of hydrogen-bond acceptors (Lipinski definition) is 7. The van der Waals surface area contributed by atoms with E-state index in [2.05, 4.69) is 16.0 Å². The topological polar surface area (TPSA) is 146 Å². The first-order chi connectivity index (χ1) is 16.2. The summed E-state index contributed by atoms with van der Waals surface area (Å²) >= 11 is 0. The minimum atomic E-state index is -1.08. The zero-order chi connectivity index (χ0) is 24.8. The highest BCUT2D eigenvalue weighted by Gasteiger charge is 2.31. The Morgan fingerprint density at radius 1 is 1.18 bits per heavy atom. The van der Waals surface area contributed by atoms with Crippen LogP contribution in [0.25, 0.3) is 0 Å². The van der Waals surface area contributed by atoms with Crippen molar-refractivity contribution in [3.8, 4) is 5.75 Å². The van der Waals surface area contributed by atoms with Gasteiger partial charge in [-0.3, -0.25) is 14.4 Å². The molecule has 0 aliphatic carbocycles. The molecule has 3 unspecified atom stereocenters. The van der Waals surface area contributed by atoms with Crippen LogP contribution in [0, 0.1) is 0 Å². The van der Waals surface area contributed by atoms with Gasteiger partial charge in [-0.2, -0.15) is 0 Å². The van der Waals surface area contributed by atoms with Crippen molar-refractivity contribution < 1.29 is 33.9 Å². The monoisotopic (exact) mass is 469 g/mol. The number of methoxy groups -OCH3 is 1. The van der Waals surface area contributed by atoms with E-state index in [-0.39, 0.29) is 13.0 Å². The molecule has 2 amide bonds. The third-order valence-corrected chi connectivity index (χ3v) is 5.73. The van der Waals surface area contributed by atoms with Crippen LogP contribution >= 0.6 is 0 Å². The van der Waals surface area contributed by atoms with Crippen LogP contribution in [0.15, 0.2) is 42.5 Å². The Morgan fingerprint density at radius 2 is 1.91 bits per heavy atom. The summed E-state index contributed by atoms with van der Waals surface area (Å²) in [4.78, 5) is 37.3. The molecule has 0 spiro atoms. The number of fused-ring (bicyclic) bond motifs is 1. The Bertz CT molecular complexity index is 1060. The van der Waals surface area contributed by atoms with E-state index in [0.29, 0.717) is 22.3 Å². The summed E-state index contributed by atoms with van der Waals surface area (Å²) in [5.74, 6) is -1.53. The lowest BCUT2D eigenvalue weighted by molar-refractivity contribution is -0.137. The molecule has 1 aliphatic rings. The number of hydrogen-bond donors (Lipinski definition) is 5. The quantitative estimate of drug-likeness (QED) is 0.305. The predicted octanol–water partition coefficient (Wildman–Crippen LogP) is -0.0486. The number of amides is 2. The highest BCUT2D eigenvalue weighted by atomic mass is 16.5. The molecule has 2 aromatic rings. The largest absolute Gasteiger partial charge is 0.496 e.